The Hall–Kier alpha value is -2.50. The quantitative estimate of drug-likeness (QED) is 0.829. The third-order valence-electron chi connectivity index (χ3n) is 3.28. The zero-order valence-corrected chi connectivity index (χ0v) is 11.4. The Balaban J connectivity index is 2.24. The monoisotopic (exact) mass is 290 g/mol. The number of aliphatic carboxylic acids is 1. The smallest absolute Gasteiger partial charge is 0.311 e. The van der Waals surface area contributed by atoms with Crippen LogP contribution >= 0.6 is 0 Å². The van der Waals surface area contributed by atoms with Gasteiger partial charge in [0, 0.05) is 6.20 Å². The molecule has 0 aliphatic rings. The minimum atomic E-state index is -1.06. The number of nitrogens with zero attached hydrogens (tertiary/aromatic N) is 2. The molecule has 21 heavy (non-hydrogen) atoms. The molecule has 0 aliphatic carbocycles. The SMILES string of the molecule is Cc1cnn(C(C=O)CC(C(=O)O)c2ccc(F)cc2)c1. The molecule has 1 aromatic heterocycles. The first kappa shape index (κ1) is 14.9. The van der Waals surface area contributed by atoms with Gasteiger partial charge in [-0.3, -0.25) is 9.48 Å². The van der Waals surface area contributed by atoms with E-state index in [9.17, 15) is 19.1 Å². The van der Waals surface area contributed by atoms with Crippen LogP contribution in [0, 0.1) is 12.7 Å². The largest absolute Gasteiger partial charge is 0.481 e. The van der Waals surface area contributed by atoms with E-state index in [1.807, 2.05) is 6.92 Å². The van der Waals surface area contributed by atoms with Crippen LogP contribution in [-0.2, 0) is 9.59 Å². The molecular weight excluding hydrogens is 275 g/mol. The molecule has 0 spiro atoms. The van der Waals surface area contributed by atoms with Crippen LogP contribution in [0.1, 0.15) is 29.5 Å². The zero-order chi connectivity index (χ0) is 15.4. The number of carboxylic acid groups (broad SMARTS) is 1. The lowest BCUT2D eigenvalue weighted by atomic mass is 9.92. The van der Waals surface area contributed by atoms with Crippen molar-refractivity contribution < 1.29 is 19.1 Å². The molecule has 2 atom stereocenters. The van der Waals surface area contributed by atoms with Crippen molar-refractivity contribution in [1.29, 1.82) is 0 Å². The van der Waals surface area contributed by atoms with Crippen LogP contribution in [0.5, 0.6) is 0 Å². The van der Waals surface area contributed by atoms with Gasteiger partial charge in [-0.2, -0.15) is 5.10 Å². The van der Waals surface area contributed by atoms with Crippen molar-refractivity contribution in [2.24, 2.45) is 0 Å². The Kier molecular flexibility index (Phi) is 4.47. The summed E-state index contributed by atoms with van der Waals surface area (Å²) >= 11 is 0. The third-order valence-corrected chi connectivity index (χ3v) is 3.28. The topological polar surface area (TPSA) is 72.2 Å². The van der Waals surface area contributed by atoms with E-state index in [1.165, 1.54) is 28.9 Å². The van der Waals surface area contributed by atoms with Crippen LogP contribution < -0.4 is 0 Å². The standard InChI is InChI=1S/C15H15FN2O3/c1-10-7-17-18(8-10)13(9-19)6-14(15(20)21)11-2-4-12(16)5-3-11/h2-5,7-9,13-14H,6H2,1H3,(H,20,21). The van der Waals surface area contributed by atoms with Crippen molar-refractivity contribution in [1.82, 2.24) is 9.78 Å². The van der Waals surface area contributed by atoms with Gasteiger partial charge in [0.05, 0.1) is 12.1 Å². The fourth-order valence-corrected chi connectivity index (χ4v) is 2.16. The van der Waals surface area contributed by atoms with Crippen molar-refractivity contribution in [3.8, 4) is 0 Å². The van der Waals surface area contributed by atoms with E-state index in [2.05, 4.69) is 5.10 Å². The highest BCUT2D eigenvalue weighted by Gasteiger charge is 2.25. The Bertz CT molecular complexity index is 637. The molecule has 0 radical (unpaired) electrons. The predicted octanol–water partition coefficient (Wildman–Crippen LogP) is 2.33. The number of carboxylic acids is 1. The summed E-state index contributed by atoms with van der Waals surface area (Å²) in [6.45, 7) is 1.83. The molecule has 1 aromatic carbocycles. The lowest BCUT2D eigenvalue weighted by Crippen LogP contribution is -2.20. The number of aryl methyl sites for hydroxylation is 1. The van der Waals surface area contributed by atoms with Crippen molar-refractivity contribution in [3.05, 3.63) is 53.6 Å². The maximum Gasteiger partial charge on any atom is 0.311 e. The van der Waals surface area contributed by atoms with Gasteiger partial charge in [-0.25, -0.2) is 4.39 Å². The summed E-state index contributed by atoms with van der Waals surface area (Å²) in [6, 6.07) is 4.58. The Morgan fingerprint density at radius 2 is 2.10 bits per heavy atom. The second-order valence-electron chi connectivity index (χ2n) is 4.88. The van der Waals surface area contributed by atoms with E-state index >= 15 is 0 Å². The average molecular weight is 290 g/mol. The van der Waals surface area contributed by atoms with E-state index in [1.54, 1.807) is 12.4 Å². The summed E-state index contributed by atoms with van der Waals surface area (Å²) in [5.41, 5.74) is 1.34. The number of hydrogen-bond donors (Lipinski definition) is 1. The van der Waals surface area contributed by atoms with Crippen LogP contribution in [0.4, 0.5) is 4.39 Å². The summed E-state index contributed by atoms with van der Waals surface area (Å²) in [5, 5.41) is 13.4. The lowest BCUT2D eigenvalue weighted by Gasteiger charge is -2.17. The molecule has 5 nitrogen and oxygen atoms in total. The molecule has 0 saturated heterocycles. The second-order valence-corrected chi connectivity index (χ2v) is 4.88. The maximum absolute atomic E-state index is 12.9. The van der Waals surface area contributed by atoms with Gasteiger partial charge in [0.15, 0.2) is 0 Å². The van der Waals surface area contributed by atoms with E-state index < -0.39 is 23.7 Å². The Labute approximate surface area is 121 Å². The number of hydrogen-bond acceptors (Lipinski definition) is 3. The highest BCUT2D eigenvalue weighted by atomic mass is 19.1. The molecule has 110 valence electrons. The van der Waals surface area contributed by atoms with E-state index in [0.717, 1.165) is 5.56 Å². The van der Waals surface area contributed by atoms with Gasteiger partial charge in [-0.1, -0.05) is 12.1 Å². The van der Waals surface area contributed by atoms with Crippen molar-refractivity contribution in [2.45, 2.75) is 25.3 Å². The molecule has 1 N–H and O–H groups in total. The highest BCUT2D eigenvalue weighted by Crippen LogP contribution is 2.26. The summed E-state index contributed by atoms with van der Waals surface area (Å²) in [7, 11) is 0. The van der Waals surface area contributed by atoms with Crippen molar-refractivity contribution in [2.75, 3.05) is 0 Å². The molecule has 2 rings (SSSR count). The van der Waals surface area contributed by atoms with Gasteiger partial charge in [0.2, 0.25) is 0 Å². The predicted molar refractivity (Wildman–Crippen MR) is 73.5 cm³/mol. The third kappa shape index (κ3) is 3.53. The molecule has 0 aliphatic heterocycles. The molecular formula is C15H15FN2O3. The summed E-state index contributed by atoms with van der Waals surface area (Å²) in [5.74, 6) is -2.39. The fourth-order valence-electron chi connectivity index (χ4n) is 2.16. The van der Waals surface area contributed by atoms with Crippen LogP contribution in [0.25, 0.3) is 0 Å². The highest BCUT2D eigenvalue weighted by molar-refractivity contribution is 5.76. The molecule has 1 heterocycles. The number of aldehydes is 1. The van der Waals surface area contributed by atoms with Gasteiger partial charge in [0.25, 0.3) is 0 Å². The second kappa shape index (κ2) is 6.30. The van der Waals surface area contributed by atoms with Gasteiger partial charge in [-0.15, -0.1) is 0 Å². The summed E-state index contributed by atoms with van der Waals surface area (Å²) < 4.78 is 14.4. The molecule has 0 amide bonds. The first-order valence-electron chi connectivity index (χ1n) is 6.45. The van der Waals surface area contributed by atoms with Crippen LogP contribution in [0.3, 0.4) is 0 Å². The molecule has 2 unspecified atom stereocenters. The fraction of sp³-hybridized carbons (Fsp3) is 0.267. The normalized spacial score (nSPS) is 13.6. The Morgan fingerprint density at radius 3 is 2.57 bits per heavy atom. The maximum atomic E-state index is 12.9. The van der Waals surface area contributed by atoms with Gasteiger partial charge in [-0.05, 0) is 36.6 Å². The Morgan fingerprint density at radius 1 is 1.43 bits per heavy atom. The van der Waals surface area contributed by atoms with E-state index in [0.29, 0.717) is 11.8 Å². The first-order valence-corrected chi connectivity index (χ1v) is 6.45. The lowest BCUT2D eigenvalue weighted by molar-refractivity contribution is -0.139. The molecule has 0 fully saturated rings. The number of carbonyl (C=O) groups is 2. The van der Waals surface area contributed by atoms with E-state index in [-0.39, 0.29) is 6.42 Å². The zero-order valence-electron chi connectivity index (χ0n) is 11.4. The number of benzene rings is 1. The molecule has 0 bridgehead atoms. The summed E-state index contributed by atoms with van der Waals surface area (Å²) in [4.78, 5) is 22.7. The minimum Gasteiger partial charge on any atom is -0.481 e. The first-order chi connectivity index (χ1) is 10.0. The van der Waals surface area contributed by atoms with Crippen LogP contribution in [-0.4, -0.2) is 27.1 Å². The van der Waals surface area contributed by atoms with Gasteiger partial charge < -0.3 is 9.90 Å². The molecule has 2 aromatic rings. The number of halogens is 1. The van der Waals surface area contributed by atoms with Crippen molar-refractivity contribution >= 4 is 12.3 Å². The number of aromatic nitrogens is 2. The number of carbonyl (C=O) groups excluding carboxylic acids is 1. The summed E-state index contributed by atoms with van der Waals surface area (Å²) in [6.07, 6.45) is 4.02. The van der Waals surface area contributed by atoms with E-state index in [4.69, 9.17) is 0 Å². The molecule has 0 saturated carbocycles. The van der Waals surface area contributed by atoms with Gasteiger partial charge >= 0.3 is 5.97 Å². The minimum absolute atomic E-state index is 0.0611. The van der Waals surface area contributed by atoms with Crippen molar-refractivity contribution in [3.63, 3.8) is 0 Å². The van der Waals surface area contributed by atoms with Crippen LogP contribution in [0.2, 0.25) is 0 Å². The van der Waals surface area contributed by atoms with Gasteiger partial charge in [0.1, 0.15) is 18.1 Å². The van der Waals surface area contributed by atoms with Crippen LogP contribution in [0.15, 0.2) is 36.7 Å². The number of rotatable bonds is 6. The molecule has 6 heteroatoms. The average Bonchev–Trinajstić information content (AvgIpc) is 2.87.